The molecule has 0 aromatic rings. The Hall–Kier alpha value is -0.0800. The molecule has 2 heteroatoms. The van der Waals surface area contributed by atoms with E-state index in [9.17, 15) is 0 Å². The van der Waals surface area contributed by atoms with Crippen LogP contribution < -0.4 is 5.32 Å². The van der Waals surface area contributed by atoms with E-state index in [1.54, 1.807) is 0 Å². The lowest BCUT2D eigenvalue weighted by atomic mass is 9.71. The molecule has 14 heavy (non-hydrogen) atoms. The summed E-state index contributed by atoms with van der Waals surface area (Å²) < 4.78 is 0. The van der Waals surface area contributed by atoms with Crippen LogP contribution in [-0.4, -0.2) is 36.1 Å². The zero-order valence-electron chi connectivity index (χ0n) is 9.96. The van der Waals surface area contributed by atoms with E-state index in [-0.39, 0.29) is 0 Å². The van der Waals surface area contributed by atoms with Gasteiger partial charge in [-0.25, -0.2) is 0 Å². The van der Waals surface area contributed by atoms with Gasteiger partial charge in [-0.15, -0.1) is 0 Å². The van der Waals surface area contributed by atoms with Gasteiger partial charge in [-0.3, -0.25) is 0 Å². The van der Waals surface area contributed by atoms with Gasteiger partial charge >= 0.3 is 0 Å². The maximum atomic E-state index is 3.68. The lowest BCUT2D eigenvalue weighted by Crippen LogP contribution is -2.52. The van der Waals surface area contributed by atoms with Crippen LogP contribution in [0.5, 0.6) is 0 Å². The summed E-state index contributed by atoms with van der Waals surface area (Å²) in [4.78, 5) is 2.64. The van der Waals surface area contributed by atoms with Crippen LogP contribution in [0.3, 0.4) is 0 Å². The molecule has 1 saturated carbocycles. The van der Waals surface area contributed by atoms with Gasteiger partial charge in [-0.2, -0.15) is 0 Å². The summed E-state index contributed by atoms with van der Waals surface area (Å²) in [6.45, 7) is 11.8. The predicted molar refractivity (Wildman–Crippen MR) is 60.4 cm³/mol. The number of fused-ring (bicyclic) bond motifs is 1. The van der Waals surface area contributed by atoms with E-state index >= 15 is 0 Å². The molecule has 0 radical (unpaired) electrons. The second-order valence-electron chi connectivity index (χ2n) is 5.64. The summed E-state index contributed by atoms with van der Waals surface area (Å²) in [7, 11) is 0. The Bertz CT molecular complexity index is 200. The van der Waals surface area contributed by atoms with Gasteiger partial charge in [0.2, 0.25) is 0 Å². The van der Waals surface area contributed by atoms with Crippen LogP contribution in [-0.2, 0) is 0 Å². The zero-order chi connectivity index (χ0) is 10.3. The van der Waals surface area contributed by atoms with Gasteiger partial charge in [0.05, 0.1) is 0 Å². The van der Waals surface area contributed by atoms with Crippen molar-refractivity contribution in [2.75, 3.05) is 13.1 Å². The smallest absolute Gasteiger partial charge is 0.0116 e. The summed E-state index contributed by atoms with van der Waals surface area (Å²) in [6, 6.07) is 2.19. The molecular formula is C12H24N2. The van der Waals surface area contributed by atoms with Crippen molar-refractivity contribution in [3.05, 3.63) is 0 Å². The van der Waals surface area contributed by atoms with Crippen molar-refractivity contribution in [3.8, 4) is 0 Å². The molecule has 0 bridgehead atoms. The maximum absolute atomic E-state index is 3.68. The first-order valence-corrected chi connectivity index (χ1v) is 6.08. The highest BCUT2D eigenvalue weighted by molar-refractivity contribution is 5.02. The minimum absolute atomic E-state index is 0.647. The van der Waals surface area contributed by atoms with Gasteiger partial charge in [-0.1, -0.05) is 13.8 Å². The minimum atomic E-state index is 0.647. The molecule has 2 aliphatic rings. The number of likely N-dealkylation sites (tertiary alicyclic amines) is 1. The van der Waals surface area contributed by atoms with Crippen molar-refractivity contribution < 1.29 is 0 Å². The maximum Gasteiger partial charge on any atom is 0.0116 e. The summed E-state index contributed by atoms with van der Waals surface area (Å²) in [5, 5.41) is 3.68. The van der Waals surface area contributed by atoms with Crippen molar-refractivity contribution in [2.24, 2.45) is 11.8 Å². The number of rotatable bonds is 3. The fraction of sp³-hybridized carbons (Fsp3) is 1.00. The molecule has 1 aliphatic carbocycles. The lowest BCUT2D eigenvalue weighted by Gasteiger charge is -2.41. The lowest BCUT2D eigenvalue weighted by molar-refractivity contribution is 0.147. The molecular weight excluding hydrogens is 172 g/mol. The minimum Gasteiger partial charge on any atom is -0.311 e. The van der Waals surface area contributed by atoms with Crippen LogP contribution in [0.15, 0.2) is 0 Å². The van der Waals surface area contributed by atoms with E-state index in [1.165, 1.54) is 19.5 Å². The predicted octanol–water partition coefficient (Wildman–Crippen LogP) is 1.71. The SMILES string of the molecule is CC(C)NC1C[C@H]2CN(C(C)C)C[C@@H]12. The molecule has 1 heterocycles. The molecule has 1 unspecified atom stereocenters. The number of hydrogen-bond donors (Lipinski definition) is 1. The van der Waals surface area contributed by atoms with Crippen LogP contribution in [0.4, 0.5) is 0 Å². The fourth-order valence-corrected chi connectivity index (χ4v) is 2.98. The average Bonchev–Trinajstić information content (AvgIpc) is 2.39. The van der Waals surface area contributed by atoms with Gasteiger partial charge < -0.3 is 10.2 Å². The van der Waals surface area contributed by atoms with E-state index < -0.39 is 0 Å². The molecule has 1 aliphatic heterocycles. The first-order chi connectivity index (χ1) is 6.58. The topological polar surface area (TPSA) is 15.3 Å². The first kappa shape index (κ1) is 10.4. The largest absolute Gasteiger partial charge is 0.311 e. The average molecular weight is 196 g/mol. The molecule has 2 nitrogen and oxygen atoms in total. The number of nitrogens with one attached hydrogen (secondary N) is 1. The van der Waals surface area contributed by atoms with Gasteiger partial charge in [0.1, 0.15) is 0 Å². The normalized spacial score (nSPS) is 37.7. The van der Waals surface area contributed by atoms with Crippen molar-refractivity contribution in [1.82, 2.24) is 10.2 Å². The van der Waals surface area contributed by atoms with Crippen LogP contribution in [0.25, 0.3) is 0 Å². The van der Waals surface area contributed by atoms with Crippen LogP contribution in [0.1, 0.15) is 34.1 Å². The van der Waals surface area contributed by atoms with Crippen LogP contribution in [0, 0.1) is 11.8 Å². The van der Waals surface area contributed by atoms with Crippen LogP contribution >= 0.6 is 0 Å². The summed E-state index contributed by atoms with van der Waals surface area (Å²) in [5.41, 5.74) is 0. The molecule has 2 fully saturated rings. The van der Waals surface area contributed by atoms with Gasteiger partial charge in [0.25, 0.3) is 0 Å². The summed E-state index contributed by atoms with van der Waals surface area (Å²) in [5.74, 6) is 1.94. The summed E-state index contributed by atoms with van der Waals surface area (Å²) in [6.07, 6.45) is 1.41. The third-order valence-corrected chi connectivity index (χ3v) is 3.87. The van der Waals surface area contributed by atoms with E-state index in [1.807, 2.05) is 0 Å². The highest BCUT2D eigenvalue weighted by Crippen LogP contribution is 2.41. The van der Waals surface area contributed by atoms with Crippen molar-refractivity contribution in [3.63, 3.8) is 0 Å². The Morgan fingerprint density at radius 1 is 1.14 bits per heavy atom. The van der Waals surface area contributed by atoms with E-state index in [4.69, 9.17) is 0 Å². The first-order valence-electron chi connectivity index (χ1n) is 6.08. The quantitative estimate of drug-likeness (QED) is 0.739. The molecule has 0 aromatic carbocycles. The highest BCUT2D eigenvalue weighted by atomic mass is 15.2. The monoisotopic (exact) mass is 196 g/mol. The standard InChI is InChI=1S/C12H24N2/c1-8(2)13-12-5-10-6-14(9(3)4)7-11(10)12/h8-13H,5-7H2,1-4H3/t10-,11+,12?/m0/s1. The highest BCUT2D eigenvalue weighted by Gasteiger charge is 2.47. The van der Waals surface area contributed by atoms with E-state index in [2.05, 4.69) is 37.9 Å². The van der Waals surface area contributed by atoms with Crippen molar-refractivity contribution in [2.45, 2.75) is 52.2 Å². The fourth-order valence-electron chi connectivity index (χ4n) is 2.98. The Morgan fingerprint density at radius 2 is 1.86 bits per heavy atom. The second-order valence-corrected chi connectivity index (χ2v) is 5.64. The third kappa shape index (κ3) is 1.82. The molecule has 1 saturated heterocycles. The summed E-state index contributed by atoms with van der Waals surface area (Å²) >= 11 is 0. The third-order valence-electron chi connectivity index (χ3n) is 3.87. The van der Waals surface area contributed by atoms with Crippen molar-refractivity contribution >= 4 is 0 Å². The van der Waals surface area contributed by atoms with Gasteiger partial charge in [0.15, 0.2) is 0 Å². The molecule has 82 valence electrons. The number of nitrogens with zero attached hydrogens (tertiary/aromatic N) is 1. The molecule has 0 amide bonds. The number of hydrogen-bond acceptors (Lipinski definition) is 2. The Kier molecular flexibility index (Phi) is 2.85. The second kappa shape index (κ2) is 3.82. The Labute approximate surface area is 88.1 Å². The van der Waals surface area contributed by atoms with Crippen molar-refractivity contribution in [1.29, 1.82) is 0 Å². The molecule has 0 spiro atoms. The molecule has 2 rings (SSSR count). The molecule has 3 atom stereocenters. The van der Waals surface area contributed by atoms with E-state index in [0.717, 1.165) is 23.9 Å². The van der Waals surface area contributed by atoms with E-state index in [0.29, 0.717) is 6.04 Å². The van der Waals surface area contributed by atoms with Crippen LogP contribution in [0.2, 0.25) is 0 Å². The Morgan fingerprint density at radius 3 is 2.43 bits per heavy atom. The molecule has 1 N–H and O–H groups in total. The zero-order valence-corrected chi connectivity index (χ0v) is 9.96. The van der Waals surface area contributed by atoms with Gasteiger partial charge in [-0.05, 0) is 32.1 Å². The Balaban J connectivity index is 1.84. The van der Waals surface area contributed by atoms with Gasteiger partial charge in [0, 0.05) is 31.2 Å². The molecule has 0 aromatic heterocycles.